The topological polar surface area (TPSA) is 65.1 Å². The van der Waals surface area contributed by atoms with Crippen LogP contribution in [0, 0.1) is 5.92 Å². The summed E-state index contributed by atoms with van der Waals surface area (Å²) in [4.78, 5) is 28.4. The second-order valence-electron chi connectivity index (χ2n) is 11.8. The Bertz CT molecular complexity index is 1100. The first kappa shape index (κ1) is 26.0. The number of amides is 1. The average molecular weight is 503 g/mol. The largest absolute Gasteiger partial charge is 0.494 e. The molecule has 37 heavy (non-hydrogen) atoms. The van der Waals surface area contributed by atoms with Crippen LogP contribution in [0.5, 0.6) is 0 Å². The smallest absolute Gasteiger partial charge is 0.445 e. The molecule has 3 saturated heterocycles. The van der Waals surface area contributed by atoms with Crippen LogP contribution in [0.4, 0.5) is 4.79 Å². The highest BCUT2D eigenvalue weighted by molar-refractivity contribution is 6.62. The first-order valence-electron chi connectivity index (χ1n) is 13.6. The van der Waals surface area contributed by atoms with Crippen LogP contribution in [0.15, 0.2) is 54.6 Å². The van der Waals surface area contributed by atoms with Gasteiger partial charge in [-0.2, -0.15) is 0 Å². The van der Waals surface area contributed by atoms with E-state index < -0.39 is 18.3 Å². The number of carbonyl (C=O) groups is 2. The van der Waals surface area contributed by atoms with Crippen LogP contribution < -0.4 is 5.46 Å². The van der Waals surface area contributed by atoms with Crippen LogP contribution in [-0.4, -0.2) is 47.2 Å². The molecule has 0 N–H and O–H groups in total. The molecular weight excluding hydrogens is 465 g/mol. The second-order valence-corrected chi connectivity index (χ2v) is 11.8. The number of fused-ring (bicyclic) bond motifs is 2. The lowest BCUT2D eigenvalue weighted by Gasteiger charge is -2.47. The number of hydrogen-bond acceptors (Lipinski definition) is 5. The third-order valence-corrected chi connectivity index (χ3v) is 8.70. The fourth-order valence-corrected chi connectivity index (χ4v) is 5.91. The Hall–Kier alpha value is -2.64. The summed E-state index contributed by atoms with van der Waals surface area (Å²) >= 11 is 0. The number of Topliss-reactive ketones (excluding diaryl/α,β-unsaturated/α-hetero) is 1. The van der Waals surface area contributed by atoms with E-state index >= 15 is 0 Å². The van der Waals surface area contributed by atoms with E-state index in [2.05, 4.69) is 0 Å². The van der Waals surface area contributed by atoms with Gasteiger partial charge in [0.05, 0.1) is 11.2 Å². The molecule has 196 valence electrons. The molecule has 3 fully saturated rings. The predicted molar refractivity (Wildman–Crippen MR) is 143 cm³/mol. The highest BCUT2D eigenvalue weighted by Gasteiger charge is 2.51. The Morgan fingerprint density at radius 2 is 1.54 bits per heavy atom. The molecule has 6 nitrogen and oxygen atoms in total. The van der Waals surface area contributed by atoms with Crippen molar-refractivity contribution in [1.82, 2.24) is 4.90 Å². The lowest BCUT2D eigenvalue weighted by Crippen LogP contribution is -2.55. The summed E-state index contributed by atoms with van der Waals surface area (Å²) in [5, 5.41) is 0. The minimum Gasteiger partial charge on any atom is -0.445 e. The van der Waals surface area contributed by atoms with Crippen LogP contribution in [0.1, 0.15) is 70.9 Å². The highest BCUT2D eigenvalue weighted by atomic mass is 16.7. The molecule has 0 aliphatic carbocycles. The molecular formula is C30H38BNO5. The summed E-state index contributed by atoms with van der Waals surface area (Å²) in [5.41, 5.74) is 2.09. The van der Waals surface area contributed by atoms with Gasteiger partial charge in [0, 0.05) is 24.4 Å². The van der Waals surface area contributed by atoms with Gasteiger partial charge >= 0.3 is 13.2 Å². The molecule has 2 bridgehead atoms. The van der Waals surface area contributed by atoms with Gasteiger partial charge in [-0.25, -0.2) is 4.79 Å². The van der Waals surface area contributed by atoms with Gasteiger partial charge in [0.25, 0.3) is 0 Å². The molecule has 3 heterocycles. The number of hydrogen-bond donors (Lipinski definition) is 0. The van der Waals surface area contributed by atoms with Crippen LogP contribution in [0.2, 0.25) is 0 Å². The molecule has 5 rings (SSSR count). The van der Waals surface area contributed by atoms with Crippen molar-refractivity contribution in [3.8, 4) is 0 Å². The Kier molecular flexibility index (Phi) is 7.21. The van der Waals surface area contributed by atoms with Gasteiger partial charge < -0.3 is 18.9 Å². The standard InChI is InChI=1S/C30H38BNO5/c1-29(2)30(3,4)37-31(36-29)24-13-8-12-22(16-24)17-27(33)23-18-25-14-9-15-26(19-23)32(25)28(34)35-20-21-10-6-5-7-11-21/h5-8,10-13,16,23,25-26H,9,14-15,17-20H2,1-4H3. The Balaban J connectivity index is 1.21. The van der Waals surface area contributed by atoms with E-state index in [1.165, 1.54) is 0 Å². The Morgan fingerprint density at radius 3 is 2.19 bits per heavy atom. The van der Waals surface area contributed by atoms with Crippen molar-refractivity contribution in [1.29, 1.82) is 0 Å². The maximum atomic E-state index is 13.4. The third-order valence-electron chi connectivity index (χ3n) is 8.70. The highest BCUT2D eigenvalue weighted by Crippen LogP contribution is 2.39. The van der Waals surface area contributed by atoms with Crippen molar-refractivity contribution in [2.75, 3.05) is 0 Å². The van der Waals surface area contributed by atoms with Crippen LogP contribution in [0.25, 0.3) is 0 Å². The van der Waals surface area contributed by atoms with Gasteiger partial charge in [-0.1, -0.05) is 54.6 Å². The normalized spacial score (nSPS) is 26.1. The summed E-state index contributed by atoms with van der Waals surface area (Å²) < 4.78 is 18.1. The molecule has 0 saturated carbocycles. The molecule has 2 atom stereocenters. The molecule has 2 unspecified atom stereocenters. The first-order valence-corrected chi connectivity index (χ1v) is 13.6. The summed E-state index contributed by atoms with van der Waals surface area (Å²) in [6, 6.07) is 17.9. The minimum atomic E-state index is -0.440. The molecule has 2 aromatic rings. The fraction of sp³-hybridized carbons (Fsp3) is 0.533. The van der Waals surface area contributed by atoms with E-state index in [4.69, 9.17) is 14.0 Å². The zero-order chi connectivity index (χ0) is 26.2. The predicted octanol–water partition coefficient (Wildman–Crippen LogP) is 5.07. The summed E-state index contributed by atoms with van der Waals surface area (Å²) in [6.07, 6.45) is 4.51. The Morgan fingerprint density at radius 1 is 0.919 bits per heavy atom. The van der Waals surface area contributed by atoms with Crippen LogP contribution >= 0.6 is 0 Å². The van der Waals surface area contributed by atoms with Crippen molar-refractivity contribution < 1.29 is 23.6 Å². The monoisotopic (exact) mass is 503 g/mol. The molecule has 3 aliphatic rings. The van der Waals surface area contributed by atoms with Gasteiger partial charge in [0.15, 0.2) is 0 Å². The number of benzene rings is 2. The van der Waals surface area contributed by atoms with Gasteiger partial charge in [0.1, 0.15) is 12.4 Å². The maximum Gasteiger partial charge on any atom is 0.494 e. The zero-order valence-corrected chi connectivity index (χ0v) is 22.4. The van der Waals surface area contributed by atoms with Crippen LogP contribution in [-0.2, 0) is 31.9 Å². The van der Waals surface area contributed by atoms with Crippen molar-refractivity contribution >= 4 is 24.5 Å². The lowest BCUT2D eigenvalue weighted by atomic mass is 9.75. The lowest BCUT2D eigenvalue weighted by molar-refractivity contribution is -0.126. The minimum absolute atomic E-state index is 0.0334. The van der Waals surface area contributed by atoms with Crippen molar-refractivity contribution in [3.63, 3.8) is 0 Å². The van der Waals surface area contributed by atoms with E-state index in [1.54, 1.807) is 0 Å². The number of rotatable bonds is 6. The fourth-order valence-electron chi connectivity index (χ4n) is 5.91. The second kappa shape index (κ2) is 10.3. The maximum absolute atomic E-state index is 13.4. The zero-order valence-electron chi connectivity index (χ0n) is 22.4. The van der Waals surface area contributed by atoms with E-state index in [9.17, 15) is 9.59 Å². The number of ether oxygens (including phenoxy) is 1. The molecule has 1 amide bonds. The number of piperidine rings is 2. The molecule has 0 aromatic heterocycles. The van der Waals surface area contributed by atoms with E-state index in [0.717, 1.165) is 35.9 Å². The van der Waals surface area contributed by atoms with Gasteiger partial charge in [-0.15, -0.1) is 0 Å². The van der Waals surface area contributed by atoms with Crippen molar-refractivity contribution in [3.05, 3.63) is 65.7 Å². The molecule has 2 aromatic carbocycles. The average Bonchev–Trinajstić information content (AvgIpc) is 3.09. The van der Waals surface area contributed by atoms with Gasteiger partial charge in [-0.05, 0) is 76.4 Å². The number of nitrogens with zero attached hydrogens (tertiary/aromatic N) is 1. The summed E-state index contributed by atoms with van der Waals surface area (Å²) in [7, 11) is -0.440. The van der Waals surface area contributed by atoms with Crippen molar-refractivity contribution in [2.45, 2.75) is 96.1 Å². The number of ketones is 1. The van der Waals surface area contributed by atoms with E-state index in [-0.39, 0.29) is 36.5 Å². The molecule has 3 aliphatic heterocycles. The Labute approximate surface area is 220 Å². The van der Waals surface area contributed by atoms with E-state index in [1.807, 2.05) is 87.2 Å². The number of carbonyl (C=O) groups excluding carboxylic acids is 2. The summed E-state index contributed by atoms with van der Waals surface area (Å²) in [6.45, 7) is 8.45. The summed E-state index contributed by atoms with van der Waals surface area (Å²) in [5.74, 6) is 0.217. The SMILES string of the molecule is CC1(C)OB(c2cccc(CC(=O)C3CC4CCCC(C3)N4C(=O)OCc3ccccc3)c2)OC1(C)C. The van der Waals surface area contributed by atoms with Crippen molar-refractivity contribution in [2.24, 2.45) is 5.92 Å². The third kappa shape index (κ3) is 5.48. The van der Waals surface area contributed by atoms with E-state index in [0.29, 0.717) is 19.3 Å². The van der Waals surface area contributed by atoms with Crippen LogP contribution in [0.3, 0.4) is 0 Å². The van der Waals surface area contributed by atoms with Gasteiger partial charge in [-0.3, -0.25) is 4.79 Å². The first-order chi connectivity index (χ1) is 17.6. The molecule has 0 spiro atoms. The van der Waals surface area contributed by atoms with Gasteiger partial charge in [0.2, 0.25) is 0 Å². The quantitative estimate of drug-likeness (QED) is 0.516. The molecule has 7 heteroatoms. The molecule has 0 radical (unpaired) electrons.